The van der Waals surface area contributed by atoms with E-state index in [4.69, 9.17) is 22.1 Å². The van der Waals surface area contributed by atoms with Gasteiger partial charge < -0.3 is 4.74 Å². The molecule has 1 atom stereocenters. The lowest BCUT2D eigenvalue weighted by molar-refractivity contribution is -0.123. The molecule has 0 aliphatic carbocycles. The van der Waals surface area contributed by atoms with Gasteiger partial charge in [-0.25, -0.2) is 13.1 Å². The Morgan fingerprint density at radius 2 is 2.00 bits per heavy atom. The molecule has 3 aromatic rings. The third-order valence-electron chi connectivity index (χ3n) is 6.20. The van der Waals surface area contributed by atoms with Crippen LogP contribution >= 0.6 is 24.0 Å². The Bertz CT molecular complexity index is 1480. The van der Waals surface area contributed by atoms with Gasteiger partial charge >= 0.3 is 0 Å². The Morgan fingerprint density at radius 1 is 1.22 bits per heavy atom. The van der Waals surface area contributed by atoms with Crippen molar-refractivity contribution in [3.05, 3.63) is 70.8 Å². The second-order valence-electron chi connectivity index (χ2n) is 8.74. The number of nitrogens with zero attached hydrogens (tertiary/aromatic N) is 3. The van der Waals surface area contributed by atoms with Gasteiger partial charge in [0.1, 0.15) is 15.8 Å². The van der Waals surface area contributed by atoms with Crippen LogP contribution in [0.1, 0.15) is 24.5 Å². The number of sulfone groups is 1. The number of benzene rings is 2. The molecule has 2 aliphatic heterocycles. The van der Waals surface area contributed by atoms with E-state index in [9.17, 15) is 13.2 Å². The molecule has 1 aromatic heterocycles. The fraction of sp³-hybridized carbons (Fsp3) is 0.269. The van der Waals surface area contributed by atoms with Gasteiger partial charge in [-0.05, 0) is 62.2 Å². The van der Waals surface area contributed by atoms with Crippen molar-refractivity contribution in [3.8, 4) is 22.7 Å². The lowest BCUT2D eigenvalue weighted by atomic mass is 10.0. The molecule has 186 valence electrons. The smallest absolute Gasteiger partial charge is 0.266 e. The largest absolute Gasteiger partial charge is 0.494 e. The van der Waals surface area contributed by atoms with Gasteiger partial charge in [0.2, 0.25) is 0 Å². The maximum atomic E-state index is 13.3. The molecule has 5 rings (SSSR count). The summed E-state index contributed by atoms with van der Waals surface area (Å²) < 4.78 is 31.9. The molecule has 0 radical (unpaired) electrons. The molecule has 36 heavy (non-hydrogen) atoms. The standard InChI is InChI=1S/C26H25N3O4S3/c1-3-33-22-10-9-18(13-17(22)2)24-19(15-28(27-24)20-7-5-4-6-8-20)14-23-25(30)29(26(34)35-23)21-11-12-36(31,32)16-21/h4-10,13-15,21H,3,11-12,16H2,1-2H3/b23-14-/t21-/m0/s1. The first kappa shape index (κ1) is 24.7. The summed E-state index contributed by atoms with van der Waals surface area (Å²) in [6, 6.07) is 15.3. The number of aryl methyl sites for hydroxylation is 1. The van der Waals surface area contributed by atoms with Crippen molar-refractivity contribution in [2.45, 2.75) is 26.3 Å². The summed E-state index contributed by atoms with van der Waals surface area (Å²) in [6.07, 6.45) is 4.10. The topological polar surface area (TPSA) is 81.5 Å². The fourth-order valence-corrected chi connectivity index (χ4v) is 7.55. The van der Waals surface area contributed by atoms with Gasteiger partial charge in [-0.3, -0.25) is 9.69 Å². The van der Waals surface area contributed by atoms with Crippen LogP contribution in [0, 0.1) is 6.92 Å². The van der Waals surface area contributed by atoms with Crippen LogP contribution in [0.4, 0.5) is 0 Å². The predicted molar refractivity (Wildman–Crippen MR) is 147 cm³/mol. The van der Waals surface area contributed by atoms with E-state index in [0.29, 0.717) is 22.3 Å². The SMILES string of the molecule is CCOc1ccc(-c2nn(-c3ccccc3)cc2/C=C2\SC(=S)N([C@H]3CCS(=O)(=O)C3)C2=O)cc1C. The highest BCUT2D eigenvalue weighted by Crippen LogP contribution is 2.38. The highest BCUT2D eigenvalue weighted by atomic mass is 32.2. The van der Waals surface area contributed by atoms with Crippen LogP contribution in [0.25, 0.3) is 23.0 Å². The van der Waals surface area contributed by atoms with Crippen molar-refractivity contribution in [1.29, 1.82) is 0 Å². The van der Waals surface area contributed by atoms with Crippen LogP contribution in [-0.4, -0.2) is 57.5 Å². The second-order valence-corrected chi connectivity index (χ2v) is 12.6. The van der Waals surface area contributed by atoms with Crippen LogP contribution in [-0.2, 0) is 14.6 Å². The Labute approximate surface area is 220 Å². The average Bonchev–Trinajstić information content (AvgIpc) is 3.51. The quantitative estimate of drug-likeness (QED) is 0.334. The number of thiocarbonyl (C=S) groups is 1. The lowest BCUT2D eigenvalue weighted by Crippen LogP contribution is -2.39. The Kier molecular flexibility index (Phi) is 6.76. The number of thioether (sulfide) groups is 1. The predicted octanol–water partition coefficient (Wildman–Crippen LogP) is 4.63. The number of carbonyl (C=O) groups is 1. The molecule has 3 heterocycles. The minimum atomic E-state index is -3.14. The van der Waals surface area contributed by atoms with Gasteiger partial charge in [0, 0.05) is 17.3 Å². The summed E-state index contributed by atoms with van der Waals surface area (Å²) in [5.74, 6) is 0.597. The van der Waals surface area contributed by atoms with E-state index in [2.05, 4.69) is 0 Å². The maximum absolute atomic E-state index is 13.3. The molecule has 1 amide bonds. The van der Waals surface area contributed by atoms with E-state index in [0.717, 1.165) is 33.8 Å². The molecule has 2 aliphatic rings. The summed E-state index contributed by atoms with van der Waals surface area (Å²) in [5, 5.41) is 4.85. The fourth-order valence-electron chi connectivity index (χ4n) is 4.46. The Hall–Kier alpha value is -2.95. The molecule has 0 spiro atoms. The van der Waals surface area contributed by atoms with E-state index in [1.165, 1.54) is 16.7 Å². The van der Waals surface area contributed by atoms with E-state index < -0.39 is 15.9 Å². The van der Waals surface area contributed by atoms with Crippen molar-refractivity contribution in [1.82, 2.24) is 14.7 Å². The summed E-state index contributed by atoms with van der Waals surface area (Å²) in [5.41, 5.74) is 4.27. The number of rotatable bonds is 6. The first-order chi connectivity index (χ1) is 17.3. The average molecular weight is 540 g/mol. The minimum Gasteiger partial charge on any atom is -0.494 e. The molecule has 0 unspecified atom stereocenters. The molecule has 7 nitrogen and oxygen atoms in total. The van der Waals surface area contributed by atoms with E-state index >= 15 is 0 Å². The molecule has 10 heteroatoms. The van der Waals surface area contributed by atoms with Crippen molar-refractivity contribution < 1.29 is 17.9 Å². The summed E-state index contributed by atoms with van der Waals surface area (Å²) in [6.45, 7) is 4.52. The second kappa shape index (κ2) is 9.84. The molecular weight excluding hydrogens is 515 g/mol. The van der Waals surface area contributed by atoms with Gasteiger partial charge in [-0.15, -0.1) is 0 Å². The zero-order valence-corrected chi connectivity index (χ0v) is 22.3. The van der Waals surface area contributed by atoms with E-state index in [1.807, 2.05) is 68.6 Å². The maximum Gasteiger partial charge on any atom is 0.266 e. The normalized spacial score (nSPS) is 20.4. The number of hydrogen-bond donors (Lipinski definition) is 0. The number of hydrogen-bond acceptors (Lipinski definition) is 7. The van der Waals surface area contributed by atoms with Crippen LogP contribution in [0.5, 0.6) is 5.75 Å². The summed E-state index contributed by atoms with van der Waals surface area (Å²) in [7, 11) is -3.14. The molecule has 2 saturated heterocycles. The molecule has 2 aromatic carbocycles. The van der Waals surface area contributed by atoms with E-state index in [-0.39, 0.29) is 17.4 Å². The third-order valence-corrected chi connectivity index (χ3v) is 9.28. The zero-order valence-electron chi connectivity index (χ0n) is 19.9. The van der Waals surface area contributed by atoms with Gasteiger partial charge in [-0.2, -0.15) is 5.10 Å². The Balaban J connectivity index is 1.55. The highest BCUT2D eigenvalue weighted by molar-refractivity contribution is 8.26. The van der Waals surface area contributed by atoms with Crippen LogP contribution < -0.4 is 4.74 Å². The minimum absolute atomic E-state index is 0.0463. The van der Waals surface area contributed by atoms with Gasteiger partial charge in [0.15, 0.2) is 9.84 Å². The van der Waals surface area contributed by atoms with Crippen molar-refractivity contribution in [3.63, 3.8) is 0 Å². The van der Waals surface area contributed by atoms with Crippen molar-refractivity contribution in [2.75, 3.05) is 18.1 Å². The molecule has 0 saturated carbocycles. The zero-order chi connectivity index (χ0) is 25.4. The molecule has 2 fully saturated rings. The summed E-state index contributed by atoms with van der Waals surface area (Å²) in [4.78, 5) is 15.3. The highest BCUT2D eigenvalue weighted by Gasteiger charge is 2.42. The first-order valence-corrected chi connectivity index (χ1v) is 14.7. The molecule has 0 N–H and O–H groups in total. The number of ether oxygens (including phenoxy) is 1. The van der Waals surface area contributed by atoms with Gasteiger partial charge in [0.05, 0.1) is 34.7 Å². The number of aromatic nitrogens is 2. The van der Waals surface area contributed by atoms with Crippen LogP contribution in [0.3, 0.4) is 0 Å². The Morgan fingerprint density at radius 3 is 2.67 bits per heavy atom. The third kappa shape index (κ3) is 4.85. The van der Waals surface area contributed by atoms with Crippen molar-refractivity contribution >= 4 is 50.1 Å². The van der Waals surface area contributed by atoms with Crippen LogP contribution in [0.2, 0.25) is 0 Å². The first-order valence-electron chi connectivity index (χ1n) is 11.6. The van der Waals surface area contributed by atoms with Gasteiger partial charge in [0.25, 0.3) is 5.91 Å². The van der Waals surface area contributed by atoms with E-state index in [1.54, 1.807) is 10.8 Å². The number of para-hydroxylation sites is 1. The number of carbonyl (C=O) groups excluding carboxylic acids is 1. The number of amides is 1. The van der Waals surface area contributed by atoms with Crippen molar-refractivity contribution in [2.24, 2.45) is 0 Å². The molecular formula is C26H25N3O4S3. The summed E-state index contributed by atoms with van der Waals surface area (Å²) >= 11 is 6.69. The van der Waals surface area contributed by atoms with Gasteiger partial charge in [-0.1, -0.05) is 42.2 Å². The lowest BCUT2D eigenvalue weighted by Gasteiger charge is -2.20. The van der Waals surface area contributed by atoms with Crippen LogP contribution in [0.15, 0.2) is 59.6 Å². The monoisotopic (exact) mass is 539 g/mol. The molecule has 0 bridgehead atoms.